The lowest BCUT2D eigenvalue weighted by Crippen LogP contribution is -2.13. The molecule has 7 nitrogen and oxygen atoms in total. The monoisotopic (exact) mass is 352 g/mol. The smallest absolute Gasteiger partial charge is 0.261 e. The Balaban J connectivity index is 1.83. The average molecular weight is 352 g/mol. The maximum atomic E-state index is 12.5. The number of anilines is 1. The predicted molar refractivity (Wildman–Crippen MR) is 90.5 cm³/mol. The molecule has 0 saturated heterocycles. The van der Waals surface area contributed by atoms with Crippen molar-refractivity contribution in [1.82, 2.24) is 9.97 Å². The van der Waals surface area contributed by atoms with Crippen LogP contribution in [0.25, 0.3) is 0 Å². The van der Waals surface area contributed by atoms with Gasteiger partial charge in [0.15, 0.2) is 0 Å². The van der Waals surface area contributed by atoms with E-state index in [1.54, 1.807) is 18.2 Å². The molecule has 25 heavy (non-hydrogen) atoms. The molecule has 0 atom stereocenters. The first-order valence-corrected chi connectivity index (χ1v) is 8.62. The van der Waals surface area contributed by atoms with Crippen molar-refractivity contribution < 1.29 is 13.2 Å². The quantitative estimate of drug-likeness (QED) is 0.757. The zero-order valence-corrected chi connectivity index (χ0v) is 13.6. The molecule has 1 heterocycles. The molecule has 0 radical (unpaired) electrons. The summed E-state index contributed by atoms with van der Waals surface area (Å²) in [7, 11) is -3.82. The van der Waals surface area contributed by atoms with Crippen LogP contribution >= 0.6 is 0 Å². The fraction of sp³-hybridized carbons (Fsp3) is 0. The number of hydrogen-bond acceptors (Lipinski definition) is 6. The molecule has 0 spiro atoms. The van der Waals surface area contributed by atoms with Crippen molar-refractivity contribution in [3.05, 3.63) is 72.7 Å². The van der Waals surface area contributed by atoms with Crippen LogP contribution < -0.4 is 9.46 Å². The van der Waals surface area contributed by atoms with Gasteiger partial charge in [0.1, 0.15) is 5.75 Å². The second-order valence-corrected chi connectivity index (χ2v) is 6.60. The maximum Gasteiger partial charge on any atom is 0.261 e. The van der Waals surface area contributed by atoms with E-state index in [1.807, 2.05) is 6.07 Å². The molecule has 3 aromatic rings. The van der Waals surface area contributed by atoms with Gasteiger partial charge in [-0.2, -0.15) is 5.26 Å². The summed E-state index contributed by atoms with van der Waals surface area (Å²) >= 11 is 0. The molecule has 124 valence electrons. The van der Waals surface area contributed by atoms with Gasteiger partial charge in [-0.3, -0.25) is 9.71 Å². The summed E-state index contributed by atoms with van der Waals surface area (Å²) < 4.78 is 32.9. The second-order valence-electron chi connectivity index (χ2n) is 4.92. The van der Waals surface area contributed by atoms with Gasteiger partial charge in [-0.25, -0.2) is 13.4 Å². The highest BCUT2D eigenvalue weighted by Gasteiger charge is 2.15. The van der Waals surface area contributed by atoms with Crippen molar-refractivity contribution in [3.8, 4) is 17.7 Å². The van der Waals surface area contributed by atoms with E-state index in [0.29, 0.717) is 17.3 Å². The molecule has 0 aliphatic rings. The van der Waals surface area contributed by atoms with Gasteiger partial charge >= 0.3 is 0 Å². The standard InChI is InChI=1S/C17H12N4O3S/c18-11-13-3-1-6-16(9-13)25(22,23)21-14-4-2-5-15(10-14)24-17-12-19-7-8-20-17/h1-10,12,21H. The summed E-state index contributed by atoms with van der Waals surface area (Å²) in [6, 6.07) is 14.1. The number of sulfonamides is 1. The minimum atomic E-state index is -3.82. The molecule has 0 aliphatic carbocycles. The summed E-state index contributed by atoms with van der Waals surface area (Å²) in [5, 5.41) is 8.90. The number of nitriles is 1. The van der Waals surface area contributed by atoms with E-state index < -0.39 is 10.0 Å². The minimum Gasteiger partial charge on any atom is -0.437 e. The predicted octanol–water partition coefficient (Wildman–Crippen LogP) is 2.94. The molecule has 1 N–H and O–H groups in total. The number of rotatable bonds is 5. The van der Waals surface area contributed by atoms with Crippen LogP contribution in [0, 0.1) is 11.3 Å². The summed E-state index contributed by atoms with van der Waals surface area (Å²) in [6.07, 6.45) is 4.46. The summed E-state index contributed by atoms with van der Waals surface area (Å²) in [4.78, 5) is 7.89. The molecular formula is C17H12N4O3S. The van der Waals surface area contributed by atoms with Crippen LogP contribution in [0.5, 0.6) is 11.6 Å². The third-order valence-electron chi connectivity index (χ3n) is 3.12. The van der Waals surface area contributed by atoms with Gasteiger partial charge in [-0.15, -0.1) is 0 Å². The van der Waals surface area contributed by atoms with Crippen molar-refractivity contribution >= 4 is 15.7 Å². The van der Waals surface area contributed by atoms with E-state index in [9.17, 15) is 8.42 Å². The molecule has 8 heteroatoms. The zero-order valence-electron chi connectivity index (χ0n) is 12.8. The molecular weight excluding hydrogens is 340 g/mol. The van der Waals surface area contributed by atoms with Crippen molar-refractivity contribution in [3.63, 3.8) is 0 Å². The van der Waals surface area contributed by atoms with E-state index in [4.69, 9.17) is 10.00 Å². The Morgan fingerprint density at radius 2 is 1.92 bits per heavy atom. The maximum absolute atomic E-state index is 12.5. The van der Waals surface area contributed by atoms with E-state index in [0.717, 1.165) is 0 Å². The Hall–Kier alpha value is -3.44. The number of aromatic nitrogens is 2. The number of benzene rings is 2. The highest BCUT2D eigenvalue weighted by atomic mass is 32.2. The molecule has 0 aliphatic heterocycles. The van der Waals surface area contributed by atoms with Crippen molar-refractivity contribution in [2.45, 2.75) is 4.90 Å². The molecule has 0 amide bonds. The molecule has 0 fully saturated rings. The first-order valence-electron chi connectivity index (χ1n) is 7.14. The zero-order chi connectivity index (χ0) is 17.7. The Morgan fingerprint density at radius 3 is 2.68 bits per heavy atom. The van der Waals surface area contributed by atoms with Crippen molar-refractivity contribution in [2.75, 3.05) is 4.72 Å². The Kier molecular flexibility index (Phi) is 4.59. The minimum absolute atomic E-state index is 0.00629. The molecule has 2 aromatic carbocycles. The van der Waals surface area contributed by atoms with Crippen molar-refractivity contribution in [1.29, 1.82) is 5.26 Å². The van der Waals surface area contributed by atoms with Crippen LogP contribution in [0.3, 0.4) is 0 Å². The van der Waals surface area contributed by atoms with Crippen LogP contribution in [0.15, 0.2) is 72.0 Å². The van der Waals surface area contributed by atoms with Crippen LogP contribution in [-0.2, 0) is 10.0 Å². The van der Waals surface area contributed by atoms with E-state index >= 15 is 0 Å². The Morgan fingerprint density at radius 1 is 1.08 bits per heavy atom. The first kappa shape index (κ1) is 16.4. The lowest BCUT2D eigenvalue weighted by molar-refractivity contribution is 0.460. The molecule has 0 unspecified atom stereocenters. The lowest BCUT2D eigenvalue weighted by atomic mass is 10.2. The van der Waals surface area contributed by atoms with E-state index in [-0.39, 0.29) is 10.5 Å². The van der Waals surface area contributed by atoms with Crippen LogP contribution in [0.1, 0.15) is 5.56 Å². The van der Waals surface area contributed by atoms with Gasteiger partial charge in [-0.1, -0.05) is 12.1 Å². The number of ether oxygens (including phenoxy) is 1. The summed E-state index contributed by atoms with van der Waals surface area (Å²) in [5.74, 6) is 0.704. The first-order chi connectivity index (χ1) is 12.1. The van der Waals surface area contributed by atoms with Gasteiger partial charge in [0.2, 0.25) is 5.88 Å². The van der Waals surface area contributed by atoms with Gasteiger partial charge in [0, 0.05) is 18.5 Å². The van der Waals surface area contributed by atoms with Gasteiger partial charge in [-0.05, 0) is 30.3 Å². The highest BCUT2D eigenvalue weighted by Crippen LogP contribution is 2.24. The SMILES string of the molecule is N#Cc1cccc(S(=O)(=O)Nc2cccc(Oc3cnccn3)c2)c1. The van der Waals surface area contributed by atoms with Crippen LogP contribution in [-0.4, -0.2) is 18.4 Å². The number of hydrogen-bond donors (Lipinski definition) is 1. The van der Waals surface area contributed by atoms with Crippen molar-refractivity contribution in [2.24, 2.45) is 0 Å². The molecule has 0 bridgehead atoms. The largest absolute Gasteiger partial charge is 0.437 e. The van der Waals surface area contributed by atoms with Crippen LogP contribution in [0.4, 0.5) is 5.69 Å². The normalized spacial score (nSPS) is 10.7. The summed E-state index contributed by atoms with van der Waals surface area (Å²) in [5.41, 5.74) is 0.589. The third-order valence-corrected chi connectivity index (χ3v) is 4.50. The Bertz CT molecular complexity index is 1030. The average Bonchev–Trinajstić information content (AvgIpc) is 2.62. The Labute approximate surface area is 144 Å². The highest BCUT2D eigenvalue weighted by molar-refractivity contribution is 7.92. The number of nitrogens with zero attached hydrogens (tertiary/aromatic N) is 3. The lowest BCUT2D eigenvalue weighted by Gasteiger charge is -2.10. The molecule has 3 rings (SSSR count). The summed E-state index contributed by atoms with van der Waals surface area (Å²) in [6.45, 7) is 0. The fourth-order valence-electron chi connectivity index (χ4n) is 2.03. The van der Waals surface area contributed by atoms with Gasteiger partial charge in [0.05, 0.1) is 28.4 Å². The number of nitrogens with one attached hydrogen (secondary N) is 1. The van der Waals surface area contributed by atoms with Gasteiger partial charge < -0.3 is 4.74 Å². The topological polar surface area (TPSA) is 105 Å². The molecule has 0 saturated carbocycles. The van der Waals surface area contributed by atoms with E-state index in [2.05, 4.69) is 14.7 Å². The van der Waals surface area contributed by atoms with Gasteiger partial charge in [0.25, 0.3) is 10.0 Å². The second kappa shape index (κ2) is 6.98. The third kappa shape index (κ3) is 4.10. The molecule has 1 aromatic heterocycles. The fourth-order valence-corrected chi connectivity index (χ4v) is 3.12. The van der Waals surface area contributed by atoms with Crippen LogP contribution in [0.2, 0.25) is 0 Å². The van der Waals surface area contributed by atoms with E-state index in [1.165, 1.54) is 48.9 Å².